The van der Waals surface area contributed by atoms with E-state index in [1.165, 1.54) is 25.7 Å². The van der Waals surface area contributed by atoms with Crippen molar-refractivity contribution in [3.8, 4) is 5.75 Å². The monoisotopic (exact) mass is 343 g/mol. The number of hydrogen-bond acceptors (Lipinski definition) is 3. The van der Waals surface area contributed by atoms with E-state index in [1.54, 1.807) is 0 Å². The minimum Gasteiger partial charge on any atom is -0.492 e. The second-order valence-electron chi connectivity index (χ2n) is 5.08. The molecule has 0 saturated heterocycles. The van der Waals surface area contributed by atoms with Gasteiger partial charge in [-0.25, -0.2) is 0 Å². The van der Waals surface area contributed by atoms with Crippen LogP contribution < -0.4 is 10.1 Å². The minimum absolute atomic E-state index is 0.482. The highest BCUT2D eigenvalue weighted by atomic mass is 79.9. The first kappa shape index (κ1) is 15.2. The Bertz CT molecular complexity index is 393. The quantitative estimate of drug-likeness (QED) is 0.753. The molecule has 0 spiro atoms. The third-order valence-corrected chi connectivity index (χ3v) is 5.65. The zero-order valence-corrected chi connectivity index (χ0v) is 13.9. The van der Waals surface area contributed by atoms with E-state index < -0.39 is 0 Å². The van der Waals surface area contributed by atoms with Crippen molar-refractivity contribution < 1.29 is 4.74 Å². The molecule has 0 aromatic heterocycles. The fraction of sp³-hybridized carbons (Fsp3) is 0.600. The van der Waals surface area contributed by atoms with Crippen LogP contribution in [0, 0.1) is 0 Å². The summed E-state index contributed by atoms with van der Waals surface area (Å²) in [5.74, 6) is 0.927. The lowest BCUT2D eigenvalue weighted by molar-refractivity contribution is 0.311. The number of nitrogens with one attached hydrogen (secondary N) is 1. The van der Waals surface area contributed by atoms with Gasteiger partial charge in [-0.1, -0.05) is 34.8 Å². The third kappa shape index (κ3) is 4.69. The average Bonchev–Trinajstić information content (AvgIpc) is 2.88. The van der Waals surface area contributed by atoms with Gasteiger partial charge >= 0.3 is 0 Å². The van der Waals surface area contributed by atoms with Crippen molar-refractivity contribution in [3.05, 3.63) is 28.7 Å². The molecule has 19 heavy (non-hydrogen) atoms. The second-order valence-corrected chi connectivity index (χ2v) is 7.27. The fourth-order valence-corrected chi connectivity index (χ4v) is 3.91. The predicted molar refractivity (Wildman–Crippen MR) is 87.2 cm³/mol. The van der Waals surface area contributed by atoms with E-state index in [0.717, 1.165) is 29.9 Å². The first-order chi connectivity index (χ1) is 9.24. The number of halogens is 1. The van der Waals surface area contributed by atoms with Crippen LogP contribution in [0.2, 0.25) is 0 Å². The number of thioether (sulfide) groups is 1. The highest BCUT2D eigenvalue weighted by Gasteiger charge is 2.32. The smallest absolute Gasteiger partial charge is 0.120 e. The molecule has 0 aliphatic heterocycles. The van der Waals surface area contributed by atoms with Crippen LogP contribution in [-0.4, -0.2) is 30.7 Å². The number of benzene rings is 1. The van der Waals surface area contributed by atoms with Gasteiger partial charge in [0, 0.05) is 22.3 Å². The van der Waals surface area contributed by atoms with Gasteiger partial charge in [0.25, 0.3) is 0 Å². The van der Waals surface area contributed by atoms with Crippen LogP contribution in [0.5, 0.6) is 5.75 Å². The van der Waals surface area contributed by atoms with E-state index in [0.29, 0.717) is 4.75 Å². The van der Waals surface area contributed by atoms with Gasteiger partial charge in [0.15, 0.2) is 0 Å². The van der Waals surface area contributed by atoms with Crippen LogP contribution in [0.25, 0.3) is 0 Å². The van der Waals surface area contributed by atoms with Crippen LogP contribution in [0.1, 0.15) is 25.7 Å². The fourth-order valence-electron chi connectivity index (χ4n) is 2.59. The molecular formula is C15H22BrNOS. The van der Waals surface area contributed by atoms with Gasteiger partial charge in [-0.2, -0.15) is 11.8 Å². The molecule has 0 heterocycles. The topological polar surface area (TPSA) is 21.3 Å². The van der Waals surface area contributed by atoms with Crippen molar-refractivity contribution in [1.29, 1.82) is 0 Å². The molecule has 1 fully saturated rings. The Hall–Kier alpha value is -0.190. The molecule has 0 radical (unpaired) electrons. The van der Waals surface area contributed by atoms with Crippen LogP contribution >= 0.6 is 27.7 Å². The summed E-state index contributed by atoms with van der Waals surface area (Å²) < 4.78 is 7.26. The molecule has 1 aromatic carbocycles. The van der Waals surface area contributed by atoms with Crippen molar-refractivity contribution >= 4 is 27.7 Å². The molecule has 2 nitrogen and oxygen atoms in total. The Balaban J connectivity index is 1.64. The molecule has 106 valence electrons. The molecule has 0 unspecified atom stereocenters. The molecular weight excluding hydrogens is 322 g/mol. The van der Waals surface area contributed by atoms with Gasteiger partial charge in [0.2, 0.25) is 0 Å². The zero-order chi connectivity index (χ0) is 13.6. The summed E-state index contributed by atoms with van der Waals surface area (Å²) in [6.07, 6.45) is 7.72. The summed E-state index contributed by atoms with van der Waals surface area (Å²) in [5, 5.41) is 3.55. The van der Waals surface area contributed by atoms with Gasteiger partial charge in [-0.15, -0.1) is 0 Å². The van der Waals surface area contributed by atoms with E-state index >= 15 is 0 Å². The lowest BCUT2D eigenvalue weighted by atomic mass is 10.1. The van der Waals surface area contributed by atoms with Gasteiger partial charge < -0.3 is 10.1 Å². The van der Waals surface area contributed by atoms with Crippen LogP contribution in [-0.2, 0) is 0 Å². The van der Waals surface area contributed by atoms with Crippen molar-refractivity contribution in [1.82, 2.24) is 5.32 Å². The van der Waals surface area contributed by atoms with E-state index in [2.05, 4.69) is 27.5 Å². The van der Waals surface area contributed by atoms with Crippen LogP contribution in [0.4, 0.5) is 0 Å². The van der Waals surface area contributed by atoms with Crippen LogP contribution in [0.3, 0.4) is 0 Å². The standard InChI is InChI=1S/C15H22BrNOS/c1-19-15(7-2-3-8-15)12-17-9-10-18-14-6-4-5-13(16)11-14/h4-6,11,17H,2-3,7-10,12H2,1H3. The maximum Gasteiger partial charge on any atom is 0.120 e. The highest BCUT2D eigenvalue weighted by molar-refractivity contribution is 9.10. The first-order valence-electron chi connectivity index (χ1n) is 6.88. The van der Waals surface area contributed by atoms with Gasteiger partial charge in [-0.05, 0) is 37.3 Å². The molecule has 0 bridgehead atoms. The van der Waals surface area contributed by atoms with E-state index in [4.69, 9.17) is 4.74 Å². The number of rotatable bonds is 7. The maximum atomic E-state index is 5.72. The van der Waals surface area contributed by atoms with E-state index in [1.807, 2.05) is 36.0 Å². The molecule has 1 aliphatic carbocycles. The predicted octanol–water partition coefficient (Wildman–Crippen LogP) is 4.09. The van der Waals surface area contributed by atoms with Crippen molar-refractivity contribution in [2.45, 2.75) is 30.4 Å². The molecule has 1 aromatic rings. The van der Waals surface area contributed by atoms with Gasteiger partial charge in [0.05, 0.1) is 0 Å². The maximum absolute atomic E-state index is 5.72. The summed E-state index contributed by atoms with van der Waals surface area (Å²) >= 11 is 5.47. The average molecular weight is 344 g/mol. The molecule has 2 rings (SSSR count). The Morgan fingerprint density at radius 2 is 2.16 bits per heavy atom. The molecule has 0 amide bonds. The zero-order valence-electron chi connectivity index (χ0n) is 11.5. The molecule has 1 N–H and O–H groups in total. The second kappa shape index (κ2) is 7.55. The Morgan fingerprint density at radius 1 is 1.37 bits per heavy atom. The number of ether oxygens (including phenoxy) is 1. The Kier molecular flexibility index (Phi) is 6.05. The first-order valence-corrected chi connectivity index (χ1v) is 8.90. The molecule has 0 atom stereocenters. The minimum atomic E-state index is 0.482. The normalized spacial score (nSPS) is 17.6. The SMILES string of the molecule is CSC1(CNCCOc2cccc(Br)c2)CCCC1. The highest BCUT2D eigenvalue weighted by Crippen LogP contribution is 2.39. The Morgan fingerprint density at radius 3 is 2.84 bits per heavy atom. The lowest BCUT2D eigenvalue weighted by Gasteiger charge is -2.27. The van der Waals surface area contributed by atoms with E-state index in [9.17, 15) is 0 Å². The van der Waals surface area contributed by atoms with Crippen molar-refractivity contribution in [2.75, 3.05) is 26.0 Å². The van der Waals surface area contributed by atoms with E-state index in [-0.39, 0.29) is 0 Å². The van der Waals surface area contributed by atoms with Gasteiger partial charge in [-0.3, -0.25) is 0 Å². The van der Waals surface area contributed by atoms with Crippen molar-refractivity contribution in [3.63, 3.8) is 0 Å². The number of hydrogen-bond donors (Lipinski definition) is 1. The summed E-state index contributed by atoms with van der Waals surface area (Å²) in [5.41, 5.74) is 0. The van der Waals surface area contributed by atoms with Gasteiger partial charge in [0.1, 0.15) is 12.4 Å². The summed E-state index contributed by atoms with van der Waals surface area (Å²) in [6.45, 7) is 2.74. The summed E-state index contributed by atoms with van der Waals surface area (Å²) in [4.78, 5) is 0. The molecule has 1 aliphatic rings. The third-order valence-electron chi connectivity index (χ3n) is 3.74. The molecule has 4 heteroatoms. The lowest BCUT2D eigenvalue weighted by Crippen LogP contribution is -2.36. The summed E-state index contributed by atoms with van der Waals surface area (Å²) in [6, 6.07) is 7.99. The van der Waals surface area contributed by atoms with Crippen LogP contribution in [0.15, 0.2) is 28.7 Å². The van der Waals surface area contributed by atoms with Crippen molar-refractivity contribution in [2.24, 2.45) is 0 Å². The molecule has 1 saturated carbocycles. The largest absolute Gasteiger partial charge is 0.492 e. The Labute approximate surface area is 128 Å². The summed E-state index contributed by atoms with van der Waals surface area (Å²) in [7, 11) is 0.